The molecule has 6 nitrogen and oxygen atoms in total. The van der Waals surface area contributed by atoms with Crippen LogP contribution in [0.4, 0.5) is 4.39 Å². The maximum Gasteiger partial charge on any atom is 0.255 e. The number of imide groups is 1. The molecule has 1 unspecified atom stereocenters. The van der Waals surface area contributed by atoms with Crippen molar-refractivity contribution >= 4 is 17.7 Å². The molecule has 0 aliphatic carbocycles. The summed E-state index contributed by atoms with van der Waals surface area (Å²) in [5, 5.41) is 11.3. The standard InChI is InChI=1S/C14H13FN2O4/c15-10-4-9-7(3-8(10)6-18)5-17(14(9)21)11-1-2-12(19)16-13(11)20/h3-4,11,18H,1-2,5-6H2,(H,16,19,20). The molecule has 0 radical (unpaired) electrons. The fraction of sp³-hybridized carbons (Fsp3) is 0.357. The summed E-state index contributed by atoms with van der Waals surface area (Å²) in [5.74, 6) is -1.93. The normalized spacial score (nSPS) is 21.5. The van der Waals surface area contributed by atoms with Crippen LogP contribution in [0.15, 0.2) is 12.1 Å². The number of piperidine rings is 1. The lowest BCUT2D eigenvalue weighted by molar-refractivity contribution is -0.136. The third-order valence-corrected chi connectivity index (χ3v) is 3.86. The number of aliphatic hydroxyl groups is 1. The molecule has 7 heteroatoms. The summed E-state index contributed by atoms with van der Waals surface area (Å²) in [5.41, 5.74) is 0.899. The average Bonchev–Trinajstić information content (AvgIpc) is 2.75. The fourth-order valence-corrected chi connectivity index (χ4v) is 2.76. The molecule has 3 amide bonds. The first-order valence-corrected chi connectivity index (χ1v) is 6.58. The van der Waals surface area contributed by atoms with Crippen LogP contribution in [0.2, 0.25) is 0 Å². The van der Waals surface area contributed by atoms with Gasteiger partial charge in [-0.3, -0.25) is 19.7 Å². The van der Waals surface area contributed by atoms with Gasteiger partial charge in [0.25, 0.3) is 5.91 Å². The van der Waals surface area contributed by atoms with Gasteiger partial charge in [0, 0.05) is 24.1 Å². The second-order valence-electron chi connectivity index (χ2n) is 5.16. The van der Waals surface area contributed by atoms with E-state index < -0.39 is 30.3 Å². The van der Waals surface area contributed by atoms with Crippen molar-refractivity contribution in [3.05, 3.63) is 34.6 Å². The van der Waals surface area contributed by atoms with Crippen molar-refractivity contribution in [1.82, 2.24) is 10.2 Å². The van der Waals surface area contributed by atoms with E-state index in [1.165, 1.54) is 11.0 Å². The number of hydrogen-bond acceptors (Lipinski definition) is 4. The molecule has 2 aliphatic rings. The lowest BCUT2D eigenvalue weighted by Crippen LogP contribution is -2.52. The van der Waals surface area contributed by atoms with Crippen molar-refractivity contribution in [3.8, 4) is 0 Å². The van der Waals surface area contributed by atoms with Gasteiger partial charge in [0.1, 0.15) is 11.9 Å². The summed E-state index contributed by atoms with van der Waals surface area (Å²) >= 11 is 0. The predicted octanol–water partition coefficient (Wildman–Crippen LogP) is 0.0790. The zero-order valence-corrected chi connectivity index (χ0v) is 11.1. The van der Waals surface area contributed by atoms with E-state index in [0.29, 0.717) is 5.56 Å². The molecule has 1 aromatic rings. The van der Waals surface area contributed by atoms with Gasteiger partial charge in [-0.1, -0.05) is 0 Å². The Kier molecular flexibility index (Phi) is 3.21. The highest BCUT2D eigenvalue weighted by Crippen LogP contribution is 2.29. The van der Waals surface area contributed by atoms with Crippen LogP contribution in [0.25, 0.3) is 0 Å². The minimum atomic E-state index is -0.719. The van der Waals surface area contributed by atoms with Crippen LogP contribution in [0.5, 0.6) is 0 Å². The molecule has 1 aromatic carbocycles. The monoisotopic (exact) mass is 292 g/mol. The van der Waals surface area contributed by atoms with Crippen LogP contribution < -0.4 is 5.32 Å². The van der Waals surface area contributed by atoms with Crippen molar-refractivity contribution in [2.45, 2.75) is 32.0 Å². The Morgan fingerprint density at radius 2 is 2.10 bits per heavy atom. The van der Waals surface area contributed by atoms with E-state index in [1.807, 2.05) is 0 Å². The topological polar surface area (TPSA) is 86.7 Å². The highest BCUT2D eigenvalue weighted by Gasteiger charge is 2.39. The van der Waals surface area contributed by atoms with E-state index in [1.54, 1.807) is 0 Å². The maximum absolute atomic E-state index is 13.7. The van der Waals surface area contributed by atoms with Crippen LogP contribution in [-0.2, 0) is 22.7 Å². The van der Waals surface area contributed by atoms with E-state index in [9.17, 15) is 18.8 Å². The van der Waals surface area contributed by atoms with E-state index in [2.05, 4.69) is 5.32 Å². The van der Waals surface area contributed by atoms with E-state index >= 15 is 0 Å². The molecule has 0 aromatic heterocycles. The molecule has 2 aliphatic heterocycles. The number of nitrogens with one attached hydrogen (secondary N) is 1. The van der Waals surface area contributed by atoms with Gasteiger partial charge in [0.05, 0.1) is 6.61 Å². The number of amides is 3. The highest BCUT2D eigenvalue weighted by molar-refractivity contribution is 6.05. The van der Waals surface area contributed by atoms with Crippen molar-refractivity contribution in [3.63, 3.8) is 0 Å². The molecule has 1 saturated heterocycles. The predicted molar refractivity (Wildman–Crippen MR) is 68.4 cm³/mol. The summed E-state index contributed by atoms with van der Waals surface area (Å²) in [6.45, 7) is -0.278. The minimum Gasteiger partial charge on any atom is -0.392 e. The highest BCUT2D eigenvalue weighted by atomic mass is 19.1. The Balaban J connectivity index is 1.90. The molecule has 1 fully saturated rings. The molecule has 1 atom stereocenters. The quantitative estimate of drug-likeness (QED) is 0.756. The molecule has 2 heterocycles. The van der Waals surface area contributed by atoms with Crippen LogP contribution in [0, 0.1) is 5.82 Å². The Bertz CT molecular complexity index is 659. The van der Waals surface area contributed by atoms with Crippen molar-refractivity contribution in [2.24, 2.45) is 0 Å². The first-order valence-electron chi connectivity index (χ1n) is 6.58. The number of nitrogens with zero attached hydrogens (tertiary/aromatic N) is 1. The molecule has 3 rings (SSSR count). The Morgan fingerprint density at radius 3 is 2.76 bits per heavy atom. The van der Waals surface area contributed by atoms with Gasteiger partial charge in [-0.15, -0.1) is 0 Å². The molecular weight excluding hydrogens is 279 g/mol. The smallest absolute Gasteiger partial charge is 0.255 e. The minimum absolute atomic E-state index is 0.117. The number of hydrogen-bond donors (Lipinski definition) is 2. The zero-order chi connectivity index (χ0) is 15.1. The number of aliphatic hydroxyl groups excluding tert-OH is 1. The summed E-state index contributed by atoms with van der Waals surface area (Å²) < 4.78 is 13.7. The van der Waals surface area contributed by atoms with E-state index in [0.717, 1.165) is 6.07 Å². The number of carbonyl (C=O) groups excluding carboxylic acids is 3. The van der Waals surface area contributed by atoms with Gasteiger partial charge in [0.15, 0.2) is 0 Å². The summed E-state index contributed by atoms with van der Waals surface area (Å²) in [7, 11) is 0. The van der Waals surface area contributed by atoms with E-state index in [4.69, 9.17) is 5.11 Å². The molecule has 2 N–H and O–H groups in total. The molecule has 0 bridgehead atoms. The fourth-order valence-electron chi connectivity index (χ4n) is 2.76. The molecule has 110 valence electrons. The van der Waals surface area contributed by atoms with Crippen molar-refractivity contribution in [2.75, 3.05) is 0 Å². The van der Waals surface area contributed by atoms with Crippen LogP contribution in [-0.4, -0.2) is 33.8 Å². The van der Waals surface area contributed by atoms with Crippen LogP contribution in [0.3, 0.4) is 0 Å². The van der Waals surface area contributed by atoms with Gasteiger partial charge in [0.2, 0.25) is 11.8 Å². The van der Waals surface area contributed by atoms with Gasteiger partial charge >= 0.3 is 0 Å². The number of fused-ring (bicyclic) bond motifs is 1. The van der Waals surface area contributed by atoms with Crippen molar-refractivity contribution in [1.29, 1.82) is 0 Å². The number of rotatable bonds is 2. The van der Waals surface area contributed by atoms with Gasteiger partial charge in [-0.2, -0.15) is 0 Å². The third kappa shape index (κ3) is 2.19. The number of carbonyl (C=O) groups is 3. The SMILES string of the molecule is O=C1CCC(N2Cc3cc(CO)c(F)cc3C2=O)C(=O)N1. The molecule has 21 heavy (non-hydrogen) atoms. The van der Waals surface area contributed by atoms with Gasteiger partial charge in [-0.05, 0) is 24.1 Å². The maximum atomic E-state index is 13.7. The molecule has 0 saturated carbocycles. The van der Waals surface area contributed by atoms with E-state index in [-0.39, 0.29) is 36.4 Å². The first kappa shape index (κ1) is 13.7. The lowest BCUT2D eigenvalue weighted by Gasteiger charge is -2.29. The van der Waals surface area contributed by atoms with Crippen LogP contribution >= 0.6 is 0 Å². The van der Waals surface area contributed by atoms with Gasteiger partial charge < -0.3 is 10.0 Å². The van der Waals surface area contributed by atoms with Gasteiger partial charge in [-0.25, -0.2) is 4.39 Å². The lowest BCUT2D eigenvalue weighted by atomic mass is 10.0. The summed E-state index contributed by atoms with van der Waals surface area (Å²) in [6, 6.07) is 1.81. The third-order valence-electron chi connectivity index (χ3n) is 3.86. The second kappa shape index (κ2) is 4.92. The largest absolute Gasteiger partial charge is 0.392 e. The Hall–Kier alpha value is -2.28. The molecule has 0 spiro atoms. The van der Waals surface area contributed by atoms with Crippen molar-refractivity contribution < 1.29 is 23.9 Å². The Labute approximate surface area is 119 Å². The molecular formula is C14H13FN2O4. The summed E-state index contributed by atoms with van der Waals surface area (Å²) in [6.07, 6.45) is 0.437. The van der Waals surface area contributed by atoms with Crippen LogP contribution in [0.1, 0.15) is 34.3 Å². The summed E-state index contributed by atoms with van der Waals surface area (Å²) in [4.78, 5) is 36.6. The number of halogens is 1. The average molecular weight is 292 g/mol. The first-order chi connectivity index (χ1) is 10.0. The number of benzene rings is 1. The second-order valence-corrected chi connectivity index (χ2v) is 5.16. The Morgan fingerprint density at radius 1 is 1.33 bits per heavy atom. The zero-order valence-electron chi connectivity index (χ0n) is 11.1.